The minimum atomic E-state index is -0.502. The Labute approximate surface area is 125 Å². The van der Waals surface area contributed by atoms with Gasteiger partial charge in [-0.3, -0.25) is 4.79 Å². The Hall–Kier alpha value is -1.30. The number of carbonyl (C=O) groups is 1. The molecular formula is C14H21ClN2O3. The molecule has 0 unspecified atom stereocenters. The first-order valence-corrected chi connectivity index (χ1v) is 6.43. The van der Waals surface area contributed by atoms with Crippen molar-refractivity contribution in [2.45, 2.75) is 12.8 Å². The second-order valence-electron chi connectivity index (χ2n) is 4.78. The topological polar surface area (TPSA) is 73.6 Å². The first-order chi connectivity index (χ1) is 9.20. The van der Waals surface area contributed by atoms with Crippen LogP contribution in [-0.2, 0) is 9.53 Å². The third-order valence-electron chi connectivity index (χ3n) is 3.67. The Bertz CT molecular complexity index is 431. The lowest BCUT2D eigenvalue weighted by Gasteiger charge is -2.34. The Morgan fingerprint density at radius 1 is 1.35 bits per heavy atom. The molecule has 1 saturated heterocycles. The monoisotopic (exact) mass is 300 g/mol. The van der Waals surface area contributed by atoms with Crippen molar-refractivity contribution in [2.75, 3.05) is 32.2 Å². The van der Waals surface area contributed by atoms with Crippen LogP contribution in [0.2, 0.25) is 0 Å². The van der Waals surface area contributed by atoms with Gasteiger partial charge in [-0.15, -0.1) is 12.4 Å². The molecular weight excluding hydrogens is 280 g/mol. The smallest absolute Gasteiger partial charge is 0.232 e. The fraction of sp³-hybridized carbons (Fsp3) is 0.500. The van der Waals surface area contributed by atoms with E-state index in [4.69, 9.17) is 15.2 Å². The Morgan fingerprint density at radius 3 is 2.45 bits per heavy atom. The predicted molar refractivity (Wildman–Crippen MR) is 80.4 cm³/mol. The van der Waals surface area contributed by atoms with Gasteiger partial charge in [0, 0.05) is 25.4 Å². The van der Waals surface area contributed by atoms with Gasteiger partial charge in [-0.2, -0.15) is 0 Å². The van der Waals surface area contributed by atoms with E-state index in [1.807, 2.05) is 24.3 Å². The van der Waals surface area contributed by atoms with Gasteiger partial charge in [0.1, 0.15) is 5.75 Å². The first kappa shape index (κ1) is 16.8. The highest BCUT2D eigenvalue weighted by atomic mass is 35.5. The van der Waals surface area contributed by atoms with E-state index in [9.17, 15) is 4.79 Å². The maximum Gasteiger partial charge on any atom is 0.232 e. The number of anilines is 1. The van der Waals surface area contributed by atoms with Crippen molar-refractivity contribution in [3.8, 4) is 5.75 Å². The van der Waals surface area contributed by atoms with E-state index in [1.54, 1.807) is 7.11 Å². The highest BCUT2D eigenvalue weighted by Crippen LogP contribution is 2.31. The molecule has 2 rings (SSSR count). The number of nitrogens with one attached hydrogen (secondary N) is 1. The van der Waals surface area contributed by atoms with Crippen LogP contribution >= 0.6 is 12.4 Å². The number of halogens is 1. The molecule has 1 aliphatic heterocycles. The van der Waals surface area contributed by atoms with E-state index in [-0.39, 0.29) is 18.3 Å². The predicted octanol–water partition coefficient (Wildman–Crippen LogP) is 1.81. The number of nitrogens with two attached hydrogens (primary N) is 1. The highest BCUT2D eigenvalue weighted by Gasteiger charge is 2.38. The third-order valence-corrected chi connectivity index (χ3v) is 3.67. The molecule has 5 nitrogen and oxygen atoms in total. The van der Waals surface area contributed by atoms with E-state index in [2.05, 4.69) is 5.32 Å². The van der Waals surface area contributed by atoms with Crippen LogP contribution in [-0.4, -0.2) is 32.8 Å². The van der Waals surface area contributed by atoms with Gasteiger partial charge in [0.05, 0.1) is 12.5 Å². The minimum Gasteiger partial charge on any atom is -0.497 e. The summed E-state index contributed by atoms with van der Waals surface area (Å²) in [4.78, 5) is 12.4. The summed E-state index contributed by atoms with van der Waals surface area (Å²) in [6.07, 6.45) is 1.34. The molecule has 0 spiro atoms. The number of hydrogen-bond donors (Lipinski definition) is 2. The molecule has 0 aromatic heterocycles. The van der Waals surface area contributed by atoms with Crippen molar-refractivity contribution in [2.24, 2.45) is 11.1 Å². The molecule has 3 N–H and O–H groups in total. The molecule has 20 heavy (non-hydrogen) atoms. The summed E-state index contributed by atoms with van der Waals surface area (Å²) in [5, 5.41) is 2.92. The third kappa shape index (κ3) is 3.62. The Kier molecular flexibility index (Phi) is 6.26. The lowest BCUT2D eigenvalue weighted by Crippen LogP contribution is -2.46. The van der Waals surface area contributed by atoms with Crippen molar-refractivity contribution in [1.82, 2.24) is 0 Å². The van der Waals surface area contributed by atoms with Gasteiger partial charge >= 0.3 is 0 Å². The summed E-state index contributed by atoms with van der Waals surface area (Å²) >= 11 is 0. The quantitative estimate of drug-likeness (QED) is 0.889. The molecule has 1 aromatic rings. The van der Waals surface area contributed by atoms with Crippen LogP contribution in [0, 0.1) is 5.41 Å². The van der Waals surface area contributed by atoms with Crippen LogP contribution < -0.4 is 15.8 Å². The molecule has 0 aliphatic carbocycles. The maximum atomic E-state index is 12.4. The average molecular weight is 301 g/mol. The van der Waals surface area contributed by atoms with Crippen molar-refractivity contribution < 1.29 is 14.3 Å². The van der Waals surface area contributed by atoms with Crippen molar-refractivity contribution >= 4 is 24.0 Å². The first-order valence-electron chi connectivity index (χ1n) is 6.43. The number of carbonyl (C=O) groups excluding carboxylic acids is 1. The lowest BCUT2D eigenvalue weighted by atomic mass is 9.79. The SMILES string of the molecule is COc1ccc(NC(=O)C2(CN)CCOCC2)cc1.Cl. The summed E-state index contributed by atoms with van der Waals surface area (Å²) in [5.74, 6) is 0.737. The van der Waals surface area contributed by atoms with E-state index >= 15 is 0 Å². The zero-order chi connectivity index (χ0) is 13.7. The van der Waals surface area contributed by atoms with E-state index < -0.39 is 5.41 Å². The van der Waals surface area contributed by atoms with E-state index in [0.29, 0.717) is 32.6 Å². The van der Waals surface area contributed by atoms with Gasteiger partial charge < -0.3 is 20.5 Å². The van der Waals surface area contributed by atoms with Crippen LogP contribution in [0.1, 0.15) is 12.8 Å². The van der Waals surface area contributed by atoms with Crippen molar-refractivity contribution in [3.05, 3.63) is 24.3 Å². The van der Waals surface area contributed by atoms with Gasteiger partial charge in [0.2, 0.25) is 5.91 Å². The van der Waals surface area contributed by atoms with Gasteiger partial charge in [0.25, 0.3) is 0 Å². The normalized spacial score (nSPS) is 16.9. The Morgan fingerprint density at radius 2 is 1.95 bits per heavy atom. The van der Waals surface area contributed by atoms with E-state index in [1.165, 1.54) is 0 Å². The molecule has 0 bridgehead atoms. The maximum absolute atomic E-state index is 12.4. The standard InChI is InChI=1S/C14H20N2O3.ClH/c1-18-12-4-2-11(3-5-12)16-13(17)14(10-15)6-8-19-9-7-14;/h2-5H,6-10,15H2,1H3,(H,16,17);1H. The molecule has 1 amide bonds. The fourth-order valence-electron chi connectivity index (χ4n) is 2.22. The fourth-order valence-corrected chi connectivity index (χ4v) is 2.22. The highest BCUT2D eigenvalue weighted by molar-refractivity contribution is 5.95. The molecule has 0 radical (unpaired) electrons. The number of ether oxygens (including phenoxy) is 2. The summed E-state index contributed by atoms with van der Waals surface area (Å²) < 4.78 is 10.4. The largest absolute Gasteiger partial charge is 0.497 e. The summed E-state index contributed by atoms with van der Waals surface area (Å²) in [6, 6.07) is 7.27. The van der Waals surface area contributed by atoms with Crippen LogP contribution in [0.25, 0.3) is 0 Å². The molecule has 6 heteroatoms. The van der Waals surface area contributed by atoms with Gasteiger partial charge in [-0.05, 0) is 37.1 Å². The second-order valence-corrected chi connectivity index (χ2v) is 4.78. The molecule has 0 saturated carbocycles. The molecule has 0 atom stereocenters. The molecule has 1 aromatic carbocycles. The zero-order valence-corrected chi connectivity index (χ0v) is 12.4. The number of hydrogen-bond acceptors (Lipinski definition) is 4. The molecule has 1 heterocycles. The Balaban J connectivity index is 0.00000200. The van der Waals surface area contributed by atoms with Crippen molar-refractivity contribution in [3.63, 3.8) is 0 Å². The minimum absolute atomic E-state index is 0. The average Bonchev–Trinajstić information content (AvgIpc) is 2.48. The zero-order valence-electron chi connectivity index (χ0n) is 11.6. The summed E-state index contributed by atoms with van der Waals surface area (Å²) in [7, 11) is 1.61. The molecule has 112 valence electrons. The number of benzene rings is 1. The van der Waals surface area contributed by atoms with Gasteiger partial charge in [0.15, 0.2) is 0 Å². The van der Waals surface area contributed by atoms with Gasteiger partial charge in [-0.1, -0.05) is 0 Å². The van der Waals surface area contributed by atoms with Crippen LogP contribution in [0.4, 0.5) is 5.69 Å². The molecule has 1 aliphatic rings. The number of amides is 1. The lowest BCUT2D eigenvalue weighted by molar-refractivity contribution is -0.130. The van der Waals surface area contributed by atoms with E-state index in [0.717, 1.165) is 11.4 Å². The van der Waals surface area contributed by atoms with Crippen LogP contribution in [0.5, 0.6) is 5.75 Å². The number of rotatable bonds is 4. The summed E-state index contributed by atoms with van der Waals surface area (Å²) in [5.41, 5.74) is 6.05. The second kappa shape index (κ2) is 7.47. The molecule has 1 fully saturated rings. The van der Waals surface area contributed by atoms with Gasteiger partial charge in [-0.25, -0.2) is 0 Å². The number of methoxy groups -OCH3 is 1. The summed E-state index contributed by atoms with van der Waals surface area (Å²) in [6.45, 7) is 1.53. The van der Waals surface area contributed by atoms with Crippen LogP contribution in [0.3, 0.4) is 0 Å². The van der Waals surface area contributed by atoms with Crippen LogP contribution in [0.15, 0.2) is 24.3 Å². The van der Waals surface area contributed by atoms with Crippen molar-refractivity contribution in [1.29, 1.82) is 0 Å².